The normalized spacial score (nSPS) is 28.7. The molecule has 0 spiro atoms. The van der Waals surface area contributed by atoms with Crippen molar-refractivity contribution in [1.82, 2.24) is 5.32 Å². The first kappa shape index (κ1) is 10.5. The molecule has 0 heterocycles. The number of hydrogen-bond acceptors (Lipinski definition) is 3. The van der Waals surface area contributed by atoms with E-state index in [2.05, 4.69) is 5.32 Å². The van der Waals surface area contributed by atoms with Gasteiger partial charge in [-0.3, -0.25) is 4.79 Å². The quantitative estimate of drug-likeness (QED) is 0.650. The summed E-state index contributed by atoms with van der Waals surface area (Å²) in [6.07, 6.45) is 4.71. The van der Waals surface area contributed by atoms with Gasteiger partial charge < -0.3 is 15.8 Å². The third kappa shape index (κ3) is 3.74. The maximum absolute atomic E-state index is 10.5. The summed E-state index contributed by atoms with van der Waals surface area (Å²) >= 11 is 0. The van der Waals surface area contributed by atoms with Gasteiger partial charge in [0.2, 0.25) is 5.91 Å². The molecule has 0 bridgehead atoms. The molecule has 0 unspecified atom stereocenters. The predicted molar refractivity (Wildman–Crippen MR) is 50.3 cm³/mol. The van der Waals surface area contributed by atoms with Crippen LogP contribution in [0.25, 0.3) is 0 Å². The van der Waals surface area contributed by atoms with Gasteiger partial charge in [0.15, 0.2) is 0 Å². The van der Waals surface area contributed by atoms with Gasteiger partial charge in [0.05, 0.1) is 12.6 Å². The topological polar surface area (TPSA) is 64.3 Å². The Morgan fingerprint density at radius 2 is 2.08 bits per heavy atom. The predicted octanol–water partition coefficient (Wildman–Crippen LogP) is 0.0189. The van der Waals surface area contributed by atoms with Crippen molar-refractivity contribution in [2.45, 2.75) is 37.8 Å². The van der Waals surface area contributed by atoms with Crippen LogP contribution in [0.3, 0.4) is 0 Å². The van der Waals surface area contributed by atoms with E-state index in [1.165, 1.54) is 0 Å². The Morgan fingerprint density at radius 3 is 2.54 bits per heavy atom. The lowest BCUT2D eigenvalue weighted by molar-refractivity contribution is -0.117. The SMILES string of the molecule is COC1CCC(NCC(N)=O)CC1. The highest BCUT2D eigenvalue weighted by molar-refractivity contribution is 5.75. The van der Waals surface area contributed by atoms with Crippen molar-refractivity contribution in [2.24, 2.45) is 5.73 Å². The number of ether oxygens (including phenoxy) is 1. The molecule has 1 saturated carbocycles. The number of rotatable bonds is 4. The van der Waals surface area contributed by atoms with Gasteiger partial charge in [0.1, 0.15) is 0 Å². The van der Waals surface area contributed by atoms with Gasteiger partial charge in [-0.15, -0.1) is 0 Å². The second-order valence-electron chi connectivity index (χ2n) is 3.56. The number of carbonyl (C=O) groups is 1. The number of methoxy groups -OCH3 is 1. The van der Waals surface area contributed by atoms with Gasteiger partial charge >= 0.3 is 0 Å². The van der Waals surface area contributed by atoms with Gasteiger partial charge in [-0.25, -0.2) is 0 Å². The number of carbonyl (C=O) groups excluding carboxylic acids is 1. The molecule has 1 amide bonds. The van der Waals surface area contributed by atoms with Crippen LogP contribution in [0.4, 0.5) is 0 Å². The van der Waals surface area contributed by atoms with Crippen LogP contribution in [0, 0.1) is 0 Å². The van der Waals surface area contributed by atoms with E-state index in [0.717, 1.165) is 25.7 Å². The van der Waals surface area contributed by atoms with Gasteiger partial charge in [-0.05, 0) is 25.7 Å². The van der Waals surface area contributed by atoms with E-state index in [1.807, 2.05) is 0 Å². The third-order valence-corrected chi connectivity index (χ3v) is 2.57. The summed E-state index contributed by atoms with van der Waals surface area (Å²) in [6.45, 7) is 0.294. The number of hydrogen-bond donors (Lipinski definition) is 2. The Bertz CT molecular complexity index is 165. The lowest BCUT2D eigenvalue weighted by atomic mass is 9.93. The largest absolute Gasteiger partial charge is 0.381 e. The average Bonchev–Trinajstić information content (AvgIpc) is 2.15. The Hall–Kier alpha value is -0.610. The van der Waals surface area contributed by atoms with Crippen molar-refractivity contribution in [3.63, 3.8) is 0 Å². The minimum atomic E-state index is -0.283. The first-order chi connectivity index (χ1) is 6.22. The summed E-state index contributed by atoms with van der Waals surface area (Å²) in [6, 6.07) is 0.443. The fraction of sp³-hybridized carbons (Fsp3) is 0.889. The highest BCUT2D eigenvalue weighted by Crippen LogP contribution is 2.20. The van der Waals surface area contributed by atoms with Crippen molar-refractivity contribution in [3.8, 4) is 0 Å². The van der Waals surface area contributed by atoms with Gasteiger partial charge in [0.25, 0.3) is 0 Å². The maximum atomic E-state index is 10.5. The van der Waals surface area contributed by atoms with E-state index in [4.69, 9.17) is 10.5 Å². The van der Waals surface area contributed by atoms with E-state index < -0.39 is 0 Å². The summed E-state index contributed by atoms with van der Waals surface area (Å²) < 4.78 is 5.25. The monoisotopic (exact) mass is 186 g/mol. The Balaban J connectivity index is 2.14. The molecular formula is C9H18N2O2. The lowest BCUT2D eigenvalue weighted by Crippen LogP contribution is -2.39. The van der Waals surface area contributed by atoms with E-state index in [-0.39, 0.29) is 5.91 Å². The van der Waals surface area contributed by atoms with Crippen LogP contribution >= 0.6 is 0 Å². The Morgan fingerprint density at radius 1 is 1.46 bits per heavy atom. The van der Waals surface area contributed by atoms with Crippen LogP contribution in [0.5, 0.6) is 0 Å². The molecule has 0 aromatic heterocycles. The zero-order valence-corrected chi connectivity index (χ0v) is 8.08. The molecule has 1 rings (SSSR count). The van der Waals surface area contributed by atoms with E-state index in [1.54, 1.807) is 7.11 Å². The Kier molecular flexibility index (Phi) is 4.18. The third-order valence-electron chi connectivity index (χ3n) is 2.57. The molecule has 0 aromatic carbocycles. The smallest absolute Gasteiger partial charge is 0.231 e. The summed E-state index contributed by atoms with van der Waals surface area (Å²) in [7, 11) is 1.75. The summed E-state index contributed by atoms with van der Waals surface area (Å²) in [5, 5.41) is 3.14. The number of nitrogens with two attached hydrogens (primary N) is 1. The van der Waals surface area contributed by atoms with Crippen molar-refractivity contribution in [3.05, 3.63) is 0 Å². The van der Waals surface area contributed by atoms with E-state index in [0.29, 0.717) is 18.7 Å². The summed E-state index contributed by atoms with van der Waals surface area (Å²) in [5.41, 5.74) is 5.04. The van der Waals surface area contributed by atoms with Gasteiger partial charge in [-0.2, -0.15) is 0 Å². The molecule has 4 heteroatoms. The van der Waals surface area contributed by atoms with E-state index >= 15 is 0 Å². The fourth-order valence-electron chi connectivity index (χ4n) is 1.75. The van der Waals surface area contributed by atoms with Crippen LogP contribution in [-0.2, 0) is 9.53 Å². The van der Waals surface area contributed by atoms with Crippen LogP contribution in [0.1, 0.15) is 25.7 Å². The number of primary amides is 1. The molecule has 13 heavy (non-hydrogen) atoms. The molecule has 1 fully saturated rings. The molecule has 0 saturated heterocycles. The maximum Gasteiger partial charge on any atom is 0.231 e. The highest BCUT2D eigenvalue weighted by Gasteiger charge is 2.20. The average molecular weight is 186 g/mol. The van der Waals surface area contributed by atoms with Crippen LogP contribution < -0.4 is 11.1 Å². The van der Waals surface area contributed by atoms with Crippen molar-refractivity contribution in [2.75, 3.05) is 13.7 Å². The fourth-order valence-corrected chi connectivity index (χ4v) is 1.75. The van der Waals surface area contributed by atoms with Gasteiger partial charge in [-0.1, -0.05) is 0 Å². The molecule has 0 aromatic rings. The molecule has 1 aliphatic carbocycles. The molecule has 76 valence electrons. The van der Waals surface area contributed by atoms with E-state index in [9.17, 15) is 4.79 Å². The highest BCUT2D eigenvalue weighted by atomic mass is 16.5. The standard InChI is InChI=1S/C9H18N2O2/c1-13-8-4-2-7(3-5-8)11-6-9(10)12/h7-8,11H,2-6H2,1H3,(H2,10,12). The van der Waals surface area contributed by atoms with Crippen LogP contribution in [0.15, 0.2) is 0 Å². The molecular weight excluding hydrogens is 168 g/mol. The molecule has 1 aliphatic rings. The Labute approximate surface area is 78.8 Å². The minimum Gasteiger partial charge on any atom is -0.381 e. The lowest BCUT2D eigenvalue weighted by Gasteiger charge is -2.27. The molecule has 0 aliphatic heterocycles. The first-order valence-electron chi connectivity index (χ1n) is 4.77. The molecule has 0 radical (unpaired) electrons. The minimum absolute atomic E-state index is 0.283. The van der Waals surface area contributed by atoms with Crippen molar-refractivity contribution >= 4 is 5.91 Å². The van der Waals surface area contributed by atoms with Crippen LogP contribution in [-0.4, -0.2) is 31.7 Å². The zero-order chi connectivity index (χ0) is 9.68. The van der Waals surface area contributed by atoms with Crippen molar-refractivity contribution < 1.29 is 9.53 Å². The second kappa shape index (κ2) is 5.19. The van der Waals surface area contributed by atoms with Crippen molar-refractivity contribution in [1.29, 1.82) is 0 Å². The van der Waals surface area contributed by atoms with Crippen LogP contribution in [0.2, 0.25) is 0 Å². The summed E-state index contributed by atoms with van der Waals surface area (Å²) in [4.78, 5) is 10.5. The number of amides is 1. The first-order valence-corrected chi connectivity index (χ1v) is 4.77. The molecule has 4 nitrogen and oxygen atoms in total. The zero-order valence-electron chi connectivity index (χ0n) is 8.08. The van der Waals surface area contributed by atoms with Gasteiger partial charge in [0, 0.05) is 13.2 Å². The number of nitrogens with one attached hydrogen (secondary N) is 1. The molecule has 0 atom stereocenters. The second-order valence-corrected chi connectivity index (χ2v) is 3.56. The molecule has 3 N–H and O–H groups in total. The summed E-state index contributed by atoms with van der Waals surface area (Å²) in [5.74, 6) is -0.283.